The zero-order valence-corrected chi connectivity index (χ0v) is 12.4. The summed E-state index contributed by atoms with van der Waals surface area (Å²) in [5.74, 6) is 1.12. The van der Waals surface area contributed by atoms with Gasteiger partial charge in [-0.25, -0.2) is 4.98 Å². The van der Waals surface area contributed by atoms with E-state index in [0.29, 0.717) is 31.2 Å². The van der Waals surface area contributed by atoms with Gasteiger partial charge in [-0.15, -0.1) is 0 Å². The molecule has 1 saturated heterocycles. The van der Waals surface area contributed by atoms with E-state index in [1.807, 2.05) is 17.0 Å². The van der Waals surface area contributed by atoms with Crippen LogP contribution in [0.25, 0.3) is 0 Å². The van der Waals surface area contributed by atoms with Crippen LogP contribution in [0.4, 0.5) is 0 Å². The van der Waals surface area contributed by atoms with Crippen molar-refractivity contribution in [2.75, 3.05) is 13.7 Å². The number of likely N-dealkylation sites (tertiary alicyclic amines) is 1. The fraction of sp³-hybridized carbons (Fsp3) is 0.600. The van der Waals surface area contributed by atoms with Crippen LogP contribution < -0.4 is 10.5 Å². The molecule has 1 amide bonds. The van der Waals surface area contributed by atoms with Crippen LogP contribution in [0, 0.1) is 5.92 Å². The molecule has 1 aliphatic rings. The Kier molecular flexibility index (Phi) is 4.60. The minimum Gasteiger partial charge on any atom is -0.481 e. The molecule has 0 spiro atoms. The number of nitrogens with zero attached hydrogens (tertiary/aromatic N) is 2. The fourth-order valence-electron chi connectivity index (χ4n) is 2.67. The van der Waals surface area contributed by atoms with Gasteiger partial charge in [0, 0.05) is 25.1 Å². The number of hydrogen-bond donors (Lipinski definition) is 1. The van der Waals surface area contributed by atoms with Crippen LogP contribution in [-0.2, 0) is 4.79 Å². The predicted octanol–water partition coefficient (Wildman–Crippen LogP) is 1.74. The van der Waals surface area contributed by atoms with E-state index in [4.69, 9.17) is 10.5 Å². The summed E-state index contributed by atoms with van der Waals surface area (Å²) in [5, 5.41) is 0. The summed E-state index contributed by atoms with van der Waals surface area (Å²) in [4.78, 5) is 18.6. The lowest BCUT2D eigenvalue weighted by molar-refractivity contribution is -0.138. The van der Waals surface area contributed by atoms with Crippen LogP contribution in [0.5, 0.6) is 5.88 Å². The highest BCUT2D eigenvalue weighted by molar-refractivity contribution is 5.77. The number of pyridine rings is 1. The van der Waals surface area contributed by atoms with Gasteiger partial charge in [0.15, 0.2) is 0 Å². The number of amides is 1. The first kappa shape index (κ1) is 14.8. The minimum atomic E-state index is -0.159. The molecule has 20 heavy (non-hydrogen) atoms. The number of hydrogen-bond acceptors (Lipinski definition) is 4. The maximum atomic E-state index is 12.2. The van der Waals surface area contributed by atoms with Gasteiger partial charge in [0.1, 0.15) is 0 Å². The number of piperidine rings is 1. The van der Waals surface area contributed by atoms with Crippen molar-refractivity contribution >= 4 is 5.91 Å². The Labute approximate surface area is 120 Å². The molecule has 0 aromatic carbocycles. The number of carbonyl (C=O) groups is 1. The van der Waals surface area contributed by atoms with E-state index < -0.39 is 0 Å². The van der Waals surface area contributed by atoms with Gasteiger partial charge in [0.2, 0.25) is 11.8 Å². The summed E-state index contributed by atoms with van der Waals surface area (Å²) >= 11 is 0. The van der Waals surface area contributed by atoms with Crippen molar-refractivity contribution in [1.29, 1.82) is 0 Å². The predicted molar refractivity (Wildman–Crippen MR) is 77.3 cm³/mol. The number of carbonyl (C=O) groups excluding carboxylic acids is 1. The normalized spacial score (nSPS) is 23.2. The molecule has 2 unspecified atom stereocenters. The first-order chi connectivity index (χ1) is 9.52. The highest BCUT2D eigenvalue weighted by atomic mass is 16.5. The van der Waals surface area contributed by atoms with E-state index in [0.717, 1.165) is 5.69 Å². The Bertz CT molecular complexity index is 476. The van der Waals surface area contributed by atoms with Gasteiger partial charge in [0.05, 0.1) is 18.8 Å². The number of methoxy groups -OCH3 is 1. The molecule has 1 aromatic rings. The summed E-state index contributed by atoms with van der Waals surface area (Å²) in [6, 6.07) is 5.37. The van der Waals surface area contributed by atoms with Crippen LogP contribution in [0.1, 0.15) is 38.4 Å². The van der Waals surface area contributed by atoms with Gasteiger partial charge in [-0.2, -0.15) is 0 Å². The SMILES string of the molecule is COc1cccc(C2C(N)CCC(=O)N2CC(C)C)n1. The van der Waals surface area contributed by atoms with Crippen LogP contribution in [0.15, 0.2) is 18.2 Å². The zero-order valence-electron chi connectivity index (χ0n) is 12.4. The third-order valence-corrected chi connectivity index (χ3v) is 3.57. The second-order valence-corrected chi connectivity index (χ2v) is 5.69. The highest BCUT2D eigenvalue weighted by Gasteiger charge is 2.36. The van der Waals surface area contributed by atoms with Gasteiger partial charge in [-0.3, -0.25) is 4.79 Å². The summed E-state index contributed by atoms with van der Waals surface area (Å²) in [5.41, 5.74) is 7.07. The average molecular weight is 277 g/mol. The minimum absolute atomic E-state index is 0.0777. The molecule has 2 atom stereocenters. The Hall–Kier alpha value is -1.62. The molecule has 2 rings (SSSR count). The first-order valence-electron chi connectivity index (χ1n) is 7.09. The van der Waals surface area contributed by atoms with Gasteiger partial charge in [-0.05, 0) is 18.4 Å². The van der Waals surface area contributed by atoms with E-state index >= 15 is 0 Å². The van der Waals surface area contributed by atoms with Crippen molar-refractivity contribution < 1.29 is 9.53 Å². The lowest BCUT2D eigenvalue weighted by atomic mass is 9.92. The Morgan fingerprint density at radius 1 is 1.50 bits per heavy atom. The number of nitrogens with two attached hydrogens (primary N) is 1. The second kappa shape index (κ2) is 6.22. The van der Waals surface area contributed by atoms with Gasteiger partial charge in [0.25, 0.3) is 0 Å². The van der Waals surface area contributed by atoms with Crippen molar-refractivity contribution in [3.05, 3.63) is 23.9 Å². The molecule has 0 saturated carbocycles. The molecule has 2 N–H and O–H groups in total. The topological polar surface area (TPSA) is 68.5 Å². The van der Waals surface area contributed by atoms with Crippen LogP contribution >= 0.6 is 0 Å². The fourth-order valence-corrected chi connectivity index (χ4v) is 2.67. The van der Waals surface area contributed by atoms with Gasteiger partial charge in [-0.1, -0.05) is 19.9 Å². The van der Waals surface area contributed by atoms with Crippen LogP contribution in [-0.4, -0.2) is 35.5 Å². The third kappa shape index (κ3) is 3.10. The molecule has 0 radical (unpaired) electrons. The lowest BCUT2D eigenvalue weighted by Crippen LogP contribution is -2.50. The van der Waals surface area contributed by atoms with Crippen molar-refractivity contribution in [2.24, 2.45) is 11.7 Å². The van der Waals surface area contributed by atoms with Crippen molar-refractivity contribution in [3.63, 3.8) is 0 Å². The molecule has 2 heterocycles. The molecule has 110 valence electrons. The summed E-state index contributed by atoms with van der Waals surface area (Å²) in [6.45, 7) is 4.91. The number of aromatic nitrogens is 1. The molecule has 5 heteroatoms. The quantitative estimate of drug-likeness (QED) is 0.910. The summed E-state index contributed by atoms with van der Waals surface area (Å²) in [7, 11) is 1.59. The third-order valence-electron chi connectivity index (χ3n) is 3.57. The monoisotopic (exact) mass is 277 g/mol. The van der Waals surface area contributed by atoms with E-state index in [1.54, 1.807) is 13.2 Å². The highest BCUT2D eigenvalue weighted by Crippen LogP contribution is 2.31. The molecule has 1 aromatic heterocycles. The molecule has 0 aliphatic carbocycles. The first-order valence-corrected chi connectivity index (χ1v) is 7.09. The molecule has 5 nitrogen and oxygen atoms in total. The Morgan fingerprint density at radius 3 is 2.90 bits per heavy atom. The standard InChI is InChI=1S/C15H23N3O2/c1-10(2)9-18-14(19)8-7-11(16)15(18)12-5-4-6-13(17-12)20-3/h4-6,10-11,15H,7-9,16H2,1-3H3. The van der Waals surface area contributed by atoms with E-state index in [1.165, 1.54) is 0 Å². The smallest absolute Gasteiger partial charge is 0.223 e. The molecular formula is C15H23N3O2. The number of ether oxygens (including phenoxy) is 1. The van der Waals surface area contributed by atoms with Crippen molar-refractivity contribution in [3.8, 4) is 5.88 Å². The van der Waals surface area contributed by atoms with Crippen LogP contribution in [0.2, 0.25) is 0 Å². The Balaban J connectivity index is 2.33. The molecule has 1 fully saturated rings. The van der Waals surface area contributed by atoms with Crippen molar-refractivity contribution in [2.45, 2.75) is 38.8 Å². The summed E-state index contributed by atoms with van der Waals surface area (Å²) in [6.07, 6.45) is 1.23. The molecule has 1 aliphatic heterocycles. The van der Waals surface area contributed by atoms with Crippen molar-refractivity contribution in [1.82, 2.24) is 9.88 Å². The average Bonchev–Trinajstić information content (AvgIpc) is 2.42. The lowest BCUT2D eigenvalue weighted by Gasteiger charge is -2.40. The number of rotatable bonds is 4. The van der Waals surface area contributed by atoms with Crippen LogP contribution in [0.3, 0.4) is 0 Å². The molecule has 0 bridgehead atoms. The Morgan fingerprint density at radius 2 is 2.25 bits per heavy atom. The van der Waals surface area contributed by atoms with Gasteiger partial charge < -0.3 is 15.4 Å². The maximum absolute atomic E-state index is 12.2. The maximum Gasteiger partial charge on any atom is 0.223 e. The molecular weight excluding hydrogens is 254 g/mol. The second-order valence-electron chi connectivity index (χ2n) is 5.69. The van der Waals surface area contributed by atoms with E-state index in [-0.39, 0.29) is 18.0 Å². The largest absolute Gasteiger partial charge is 0.481 e. The van der Waals surface area contributed by atoms with E-state index in [2.05, 4.69) is 18.8 Å². The zero-order chi connectivity index (χ0) is 14.7. The van der Waals surface area contributed by atoms with E-state index in [9.17, 15) is 4.79 Å². The summed E-state index contributed by atoms with van der Waals surface area (Å²) < 4.78 is 5.17. The van der Waals surface area contributed by atoms with Gasteiger partial charge >= 0.3 is 0 Å².